The Morgan fingerprint density at radius 2 is 1.10 bits per heavy atom. The van der Waals surface area contributed by atoms with Crippen molar-refractivity contribution in [3.05, 3.63) is 144 Å². The normalized spacial score (nSPS) is 15.7. The van der Waals surface area contributed by atoms with Gasteiger partial charge in [0.05, 0.1) is 6.04 Å². The lowest BCUT2D eigenvalue weighted by Gasteiger charge is -2.51. The van der Waals surface area contributed by atoms with Crippen LogP contribution in [0.5, 0.6) is 0 Å². The van der Waals surface area contributed by atoms with E-state index >= 15 is 0 Å². The Bertz CT molecular complexity index is 1690. The first-order chi connectivity index (χ1) is 24.9. The first-order valence-electron chi connectivity index (χ1n) is 18.9. The highest BCUT2D eigenvalue weighted by atomic mass is 28.4. The Kier molecular flexibility index (Phi) is 14.7. The Hall–Kier alpha value is -4.33. The van der Waals surface area contributed by atoms with E-state index in [2.05, 4.69) is 59.0 Å². The monoisotopic (exact) mass is 718 g/mol. The molecular formula is C45H58N2O4Si. The maximum Gasteiger partial charge on any atom is 0.315 e. The van der Waals surface area contributed by atoms with Crippen LogP contribution in [0.1, 0.15) is 83.1 Å². The van der Waals surface area contributed by atoms with Crippen molar-refractivity contribution in [1.82, 2.24) is 5.32 Å². The summed E-state index contributed by atoms with van der Waals surface area (Å²) in [6.07, 6.45) is 2.67. The van der Waals surface area contributed by atoms with Crippen molar-refractivity contribution in [3.8, 4) is 0 Å². The molecular weight excluding hydrogens is 661 g/mol. The number of hydrogen-bond donors (Lipinski definition) is 2. The number of carbonyl (C=O) groups is 3. The molecule has 52 heavy (non-hydrogen) atoms. The average molecular weight is 719 g/mol. The number of amides is 1. The number of nitrogens with one attached hydrogen (secondary N) is 1. The van der Waals surface area contributed by atoms with Crippen molar-refractivity contribution >= 4 is 26.0 Å². The third-order valence-corrected chi connectivity index (χ3v) is 17.7. The standard InChI is InChI=1S/C45H58N2O4Si/c1-7-33(3)52(34(4)8-2,45(5,6)39-27-19-12-20-28-39)51-44(50)41(31-37-25-17-11-18-26-37)47-43(49)38(29-35-21-13-9-14-22-35)32-42(48)40(46)30-36-23-15-10-16-24-36/h9-28,33-34,38,40-41H,7-8,29-32,46H2,1-6H3,(H,47,49)/t33?,34?,38-,40+,41+,52?/m1/s1. The predicted octanol–water partition coefficient (Wildman–Crippen LogP) is 8.71. The van der Waals surface area contributed by atoms with Crippen LogP contribution < -0.4 is 11.1 Å². The minimum Gasteiger partial charge on any atom is -0.516 e. The number of Topliss-reactive ketones (excluding diaryl/α,β-unsaturated/α-hetero) is 1. The van der Waals surface area contributed by atoms with Crippen molar-refractivity contribution in [2.45, 2.75) is 108 Å². The summed E-state index contributed by atoms with van der Waals surface area (Å²) in [5, 5.41) is 2.70. The molecule has 0 fully saturated rings. The summed E-state index contributed by atoms with van der Waals surface area (Å²) < 4.78 is 7.08. The van der Waals surface area contributed by atoms with Gasteiger partial charge >= 0.3 is 5.97 Å². The van der Waals surface area contributed by atoms with Gasteiger partial charge in [-0.05, 0) is 46.2 Å². The second kappa shape index (κ2) is 18.9. The number of benzene rings is 4. The molecule has 0 heterocycles. The summed E-state index contributed by atoms with van der Waals surface area (Å²) in [6.45, 7) is 13.2. The number of rotatable bonds is 19. The fourth-order valence-corrected chi connectivity index (χ4v) is 14.2. The first-order valence-corrected chi connectivity index (χ1v) is 21.0. The molecule has 1 amide bonds. The van der Waals surface area contributed by atoms with Crippen LogP contribution in [0.25, 0.3) is 0 Å². The van der Waals surface area contributed by atoms with Gasteiger partial charge in [0.15, 0.2) is 5.78 Å². The van der Waals surface area contributed by atoms with Crippen LogP contribution in [0.4, 0.5) is 0 Å². The molecule has 0 bridgehead atoms. The molecule has 0 saturated carbocycles. The lowest BCUT2D eigenvalue weighted by Crippen LogP contribution is -2.63. The van der Waals surface area contributed by atoms with Crippen LogP contribution >= 0.6 is 0 Å². The molecule has 0 radical (unpaired) electrons. The van der Waals surface area contributed by atoms with Crippen LogP contribution in [-0.4, -0.2) is 38.1 Å². The number of nitrogens with two attached hydrogens (primary N) is 1. The van der Waals surface area contributed by atoms with Gasteiger partial charge < -0.3 is 15.5 Å². The highest BCUT2D eigenvalue weighted by Gasteiger charge is 2.59. The van der Waals surface area contributed by atoms with Crippen LogP contribution in [0.3, 0.4) is 0 Å². The van der Waals surface area contributed by atoms with Gasteiger partial charge in [0, 0.05) is 23.8 Å². The van der Waals surface area contributed by atoms with Crippen molar-refractivity contribution < 1.29 is 18.8 Å². The fraction of sp³-hybridized carbons (Fsp3) is 0.400. The third-order valence-electron chi connectivity index (χ3n) is 11.2. The molecule has 0 spiro atoms. The predicted molar refractivity (Wildman–Crippen MR) is 214 cm³/mol. The summed E-state index contributed by atoms with van der Waals surface area (Å²) in [5.41, 5.74) is 10.7. The second-order valence-electron chi connectivity index (χ2n) is 14.9. The molecule has 0 aliphatic carbocycles. The Balaban J connectivity index is 1.70. The van der Waals surface area contributed by atoms with E-state index in [9.17, 15) is 14.4 Å². The quantitative estimate of drug-likeness (QED) is 0.0946. The van der Waals surface area contributed by atoms with E-state index in [0.29, 0.717) is 12.8 Å². The molecule has 4 aromatic rings. The molecule has 0 aromatic heterocycles. The third kappa shape index (κ3) is 9.96. The summed E-state index contributed by atoms with van der Waals surface area (Å²) in [5.74, 6) is -1.69. The van der Waals surface area contributed by atoms with Gasteiger partial charge in [-0.2, -0.15) is 0 Å². The fourth-order valence-electron chi connectivity index (χ4n) is 7.84. The molecule has 6 nitrogen and oxygen atoms in total. The molecule has 0 aliphatic rings. The highest BCUT2D eigenvalue weighted by molar-refractivity contribution is 6.80. The number of hydrogen-bond acceptors (Lipinski definition) is 5. The van der Waals surface area contributed by atoms with E-state index in [0.717, 1.165) is 35.1 Å². The zero-order valence-electron chi connectivity index (χ0n) is 31.9. The lowest BCUT2D eigenvalue weighted by molar-refractivity contribution is -0.141. The number of ketones is 1. The molecule has 4 rings (SSSR count). The molecule has 276 valence electrons. The number of carbonyl (C=O) groups excluding carboxylic acids is 3. The zero-order valence-corrected chi connectivity index (χ0v) is 32.9. The maximum absolute atomic E-state index is 14.8. The molecule has 7 heteroatoms. The smallest absolute Gasteiger partial charge is 0.315 e. The summed E-state index contributed by atoms with van der Waals surface area (Å²) >= 11 is 0. The van der Waals surface area contributed by atoms with Gasteiger partial charge in [0.2, 0.25) is 5.91 Å². The van der Waals surface area contributed by atoms with Gasteiger partial charge in [0.1, 0.15) is 6.04 Å². The lowest BCUT2D eigenvalue weighted by atomic mass is 9.89. The topological polar surface area (TPSA) is 98.5 Å². The van der Waals surface area contributed by atoms with Gasteiger partial charge in [-0.15, -0.1) is 0 Å². The van der Waals surface area contributed by atoms with E-state index < -0.39 is 37.3 Å². The van der Waals surface area contributed by atoms with E-state index in [4.69, 9.17) is 10.2 Å². The summed E-state index contributed by atoms with van der Waals surface area (Å²) in [7, 11) is -3.00. The molecule has 0 saturated heterocycles. The van der Waals surface area contributed by atoms with Crippen molar-refractivity contribution in [3.63, 3.8) is 0 Å². The second-order valence-corrected chi connectivity index (χ2v) is 19.9. The Labute approximate surface area is 312 Å². The van der Waals surface area contributed by atoms with Crippen molar-refractivity contribution in [2.24, 2.45) is 11.7 Å². The van der Waals surface area contributed by atoms with Crippen LogP contribution in [0, 0.1) is 5.92 Å². The van der Waals surface area contributed by atoms with Crippen LogP contribution in [0.15, 0.2) is 121 Å². The van der Waals surface area contributed by atoms with Crippen LogP contribution in [0.2, 0.25) is 11.1 Å². The first kappa shape index (κ1) is 40.4. The molecule has 5 atom stereocenters. The molecule has 2 unspecified atom stereocenters. The average Bonchev–Trinajstić information content (AvgIpc) is 3.17. The van der Waals surface area contributed by atoms with E-state index in [1.807, 2.05) is 109 Å². The minimum atomic E-state index is -3.00. The van der Waals surface area contributed by atoms with E-state index in [1.54, 1.807) is 0 Å². The van der Waals surface area contributed by atoms with Crippen molar-refractivity contribution in [2.75, 3.05) is 0 Å². The molecule has 4 aromatic carbocycles. The summed E-state index contributed by atoms with van der Waals surface area (Å²) in [4.78, 5) is 42.9. The van der Waals surface area contributed by atoms with Gasteiger partial charge in [-0.25, -0.2) is 0 Å². The van der Waals surface area contributed by atoms with Crippen molar-refractivity contribution in [1.29, 1.82) is 0 Å². The summed E-state index contributed by atoms with van der Waals surface area (Å²) in [6, 6.07) is 37.7. The van der Waals surface area contributed by atoms with E-state index in [1.165, 1.54) is 0 Å². The van der Waals surface area contributed by atoms with Crippen LogP contribution in [-0.2, 0) is 43.1 Å². The largest absolute Gasteiger partial charge is 0.516 e. The Morgan fingerprint density at radius 1 is 0.673 bits per heavy atom. The SMILES string of the molecule is CCC(C)[Si](OC(=O)[C@H](Cc1ccccc1)NC(=O)[C@@H](CC(=O)[C@@H](N)Cc1ccccc1)Cc1ccccc1)(C(C)CC)C(C)(C)c1ccccc1. The van der Waals surface area contributed by atoms with E-state index in [-0.39, 0.29) is 35.6 Å². The zero-order chi connectivity index (χ0) is 37.7. The van der Waals surface area contributed by atoms with Gasteiger partial charge in [-0.3, -0.25) is 14.4 Å². The highest BCUT2D eigenvalue weighted by Crippen LogP contribution is 2.50. The minimum absolute atomic E-state index is 0.0404. The molecule has 3 N–H and O–H groups in total. The maximum atomic E-state index is 14.8. The van der Waals surface area contributed by atoms with Gasteiger partial charge in [-0.1, -0.05) is 176 Å². The Morgan fingerprint density at radius 3 is 1.56 bits per heavy atom. The van der Waals surface area contributed by atoms with Gasteiger partial charge in [0.25, 0.3) is 8.32 Å². The molecule has 0 aliphatic heterocycles.